The zero-order chi connectivity index (χ0) is 46.5. The van der Waals surface area contributed by atoms with Gasteiger partial charge in [-0.25, -0.2) is 13.1 Å². The largest absolute Gasteiger partial charge is 0.468 e. The molecule has 0 spiro atoms. The summed E-state index contributed by atoms with van der Waals surface area (Å²) in [5.41, 5.74) is 6.55. The summed E-state index contributed by atoms with van der Waals surface area (Å²) in [4.78, 5) is 40.4. The topological polar surface area (TPSA) is 194 Å². The molecule has 3 saturated heterocycles. The summed E-state index contributed by atoms with van der Waals surface area (Å²) in [7, 11) is -4.63. The van der Waals surface area contributed by atoms with Crippen LogP contribution in [0.2, 0.25) is 5.02 Å². The number of piperazine rings is 1. The van der Waals surface area contributed by atoms with E-state index < -0.39 is 37.5 Å². The van der Waals surface area contributed by atoms with Gasteiger partial charge in [0.25, 0.3) is 21.6 Å². The molecule has 0 saturated carbocycles. The van der Waals surface area contributed by atoms with E-state index in [0.717, 1.165) is 74.1 Å². The summed E-state index contributed by atoms with van der Waals surface area (Å²) in [6.07, 6.45) is 4.20. The maximum atomic E-state index is 14.5. The molecule has 3 fully saturated rings. The molecular formula is C48H53ClN8O9S. The van der Waals surface area contributed by atoms with Crippen LogP contribution in [-0.2, 0) is 24.2 Å². The van der Waals surface area contributed by atoms with Crippen molar-refractivity contribution in [2.24, 2.45) is 5.41 Å². The molecule has 0 unspecified atom stereocenters. The number of anilines is 4. The van der Waals surface area contributed by atoms with E-state index >= 15 is 0 Å². The van der Waals surface area contributed by atoms with Crippen molar-refractivity contribution in [2.75, 3.05) is 87.4 Å². The number of allylic oxidation sites excluding steroid dienone is 1. The lowest BCUT2D eigenvalue weighted by atomic mass is 9.72. The molecule has 17 nitrogen and oxygen atoms in total. The standard InChI is InChI=1S/C48H53ClN8O9S/c1-48(2)13-11-32(38(24-48)30-3-5-33(49)6-4-30)26-54-15-17-55(18-16-54)34-7-9-37(40(22-34)56-42-21-31-12-14-50-45(31)52-47(42)66-44-29-64-28-43(44)56)46(58)53-67(61,62)36-8-10-39(41(23-36)57(59)60)51-25-35-27-63-19-20-65-35/h3-10,12,14,21-23,35,43-44,51H,11,13,15-20,24-29H2,1-2H3,(H,50,52)(H,53,58)/t35-,43+,44+/m0/s1. The molecule has 10 rings (SSSR count). The van der Waals surface area contributed by atoms with Gasteiger partial charge in [-0.15, -0.1) is 0 Å². The van der Waals surface area contributed by atoms with Crippen molar-refractivity contribution in [3.8, 4) is 5.88 Å². The first kappa shape index (κ1) is 45.0. The molecule has 6 heterocycles. The number of nitro benzene ring substituents is 1. The van der Waals surface area contributed by atoms with Crippen LogP contribution in [0.1, 0.15) is 49.0 Å². The zero-order valence-electron chi connectivity index (χ0n) is 37.3. The molecule has 5 aliphatic rings. The Labute approximate surface area is 393 Å². The second kappa shape index (κ2) is 18.4. The van der Waals surface area contributed by atoms with Crippen molar-refractivity contribution in [1.29, 1.82) is 0 Å². The third-order valence-electron chi connectivity index (χ3n) is 13.5. The van der Waals surface area contributed by atoms with Gasteiger partial charge in [0.2, 0.25) is 5.88 Å². The fourth-order valence-corrected chi connectivity index (χ4v) is 10.9. The van der Waals surface area contributed by atoms with Gasteiger partial charge in [0.05, 0.1) is 66.2 Å². The smallest absolute Gasteiger partial charge is 0.293 e. The Balaban J connectivity index is 0.946. The summed E-state index contributed by atoms with van der Waals surface area (Å²) in [6, 6.07) is 20.5. The van der Waals surface area contributed by atoms with Crippen LogP contribution in [0.5, 0.6) is 5.88 Å². The number of benzene rings is 3. The Morgan fingerprint density at radius 3 is 2.57 bits per heavy atom. The second-order valence-corrected chi connectivity index (χ2v) is 20.7. The Morgan fingerprint density at radius 2 is 1.79 bits per heavy atom. The number of halogens is 1. The number of fused-ring (bicyclic) bond motifs is 3. The van der Waals surface area contributed by atoms with Crippen LogP contribution < -0.4 is 24.6 Å². The molecule has 2 aromatic heterocycles. The van der Waals surface area contributed by atoms with Crippen LogP contribution in [0, 0.1) is 15.5 Å². The van der Waals surface area contributed by atoms with Gasteiger partial charge in [0, 0.05) is 67.6 Å². The first-order chi connectivity index (χ1) is 32.3. The number of nitro groups is 1. The number of sulfonamides is 1. The summed E-state index contributed by atoms with van der Waals surface area (Å²) < 4.78 is 53.7. The van der Waals surface area contributed by atoms with Gasteiger partial charge in [-0.2, -0.15) is 4.98 Å². The maximum absolute atomic E-state index is 14.5. The number of carbonyl (C=O) groups excluding carboxylic acids is 1. The highest BCUT2D eigenvalue weighted by Crippen LogP contribution is 2.46. The van der Waals surface area contributed by atoms with E-state index in [0.29, 0.717) is 49.3 Å². The number of carbonyl (C=O) groups is 1. The van der Waals surface area contributed by atoms with Gasteiger partial charge in [-0.05, 0) is 90.4 Å². The quantitative estimate of drug-likeness (QED) is 0.0843. The van der Waals surface area contributed by atoms with Gasteiger partial charge in [0.15, 0.2) is 0 Å². The summed E-state index contributed by atoms with van der Waals surface area (Å²) in [6.45, 7) is 10.6. The predicted octanol–water partition coefficient (Wildman–Crippen LogP) is 7.15. The predicted molar refractivity (Wildman–Crippen MR) is 255 cm³/mol. The molecule has 1 amide bonds. The van der Waals surface area contributed by atoms with E-state index in [4.69, 9.17) is 35.5 Å². The average Bonchev–Trinajstić information content (AvgIpc) is 4.00. The zero-order valence-corrected chi connectivity index (χ0v) is 38.9. The van der Waals surface area contributed by atoms with Crippen molar-refractivity contribution in [2.45, 2.75) is 56.3 Å². The van der Waals surface area contributed by atoms with Crippen LogP contribution in [0.15, 0.2) is 89.5 Å². The first-order valence-corrected chi connectivity index (χ1v) is 24.5. The van der Waals surface area contributed by atoms with Crippen LogP contribution >= 0.6 is 11.6 Å². The molecule has 3 N–H and O–H groups in total. The molecule has 19 heteroatoms. The van der Waals surface area contributed by atoms with E-state index in [-0.39, 0.29) is 42.0 Å². The van der Waals surface area contributed by atoms with Crippen molar-refractivity contribution in [1.82, 2.24) is 19.6 Å². The number of hydrogen-bond donors (Lipinski definition) is 3. The minimum Gasteiger partial charge on any atom is -0.468 e. The number of aromatic nitrogens is 2. The maximum Gasteiger partial charge on any atom is 0.293 e. The van der Waals surface area contributed by atoms with E-state index in [1.54, 1.807) is 12.3 Å². The summed E-state index contributed by atoms with van der Waals surface area (Å²) in [5.74, 6) is -0.563. The SMILES string of the molecule is CC1(C)CCC(CN2CCN(c3ccc(C(=O)NS(=O)(=O)c4ccc(NC[C@H]5COCCO5)c([N+](=O)[O-])c4)c(N4c5cc6cc[nH]c6nc5O[C@@H]5COC[C@H]54)c3)CC2)=C(c2ccc(Cl)cc2)C1. The fraction of sp³-hybridized carbons (Fsp3) is 0.417. The van der Waals surface area contributed by atoms with Crippen LogP contribution in [0.25, 0.3) is 16.6 Å². The van der Waals surface area contributed by atoms with Gasteiger partial charge >= 0.3 is 0 Å². The van der Waals surface area contributed by atoms with Gasteiger partial charge in [-0.1, -0.05) is 43.2 Å². The monoisotopic (exact) mass is 952 g/mol. The van der Waals surface area contributed by atoms with Crippen molar-refractivity contribution in [3.05, 3.63) is 111 Å². The molecule has 0 bridgehead atoms. The highest BCUT2D eigenvalue weighted by Gasteiger charge is 2.44. The van der Waals surface area contributed by atoms with E-state index in [1.807, 2.05) is 41.3 Å². The number of aromatic amines is 1. The molecule has 4 aliphatic heterocycles. The lowest BCUT2D eigenvalue weighted by Crippen LogP contribution is -2.48. The molecule has 0 radical (unpaired) electrons. The number of H-pyrrole nitrogens is 1. The number of hydrogen-bond acceptors (Lipinski definition) is 14. The number of amides is 1. The molecular weight excluding hydrogens is 900 g/mol. The van der Waals surface area contributed by atoms with Gasteiger partial charge in [0.1, 0.15) is 23.1 Å². The minimum atomic E-state index is -4.63. The molecule has 3 atom stereocenters. The van der Waals surface area contributed by atoms with E-state index in [2.05, 4.69) is 50.8 Å². The van der Waals surface area contributed by atoms with Gasteiger partial charge in [-0.3, -0.25) is 19.8 Å². The Morgan fingerprint density at radius 1 is 0.970 bits per heavy atom. The van der Waals surface area contributed by atoms with Crippen LogP contribution in [-0.4, -0.2) is 125 Å². The number of ether oxygens (including phenoxy) is 4. The Hall–Kier alpha value is -5.76. The summed E-state index contributed by atoms with van der Waals surface area (Å²) in [5, 5.41) is 16.7. The number of nitrogens with zero attached hydrogens (tertiary/aromatic N) is 5. The Kier molecular flexibility index (Phi) is 12.4. The third kappa shape index (κ3) is 9.42. The number of rotatable bonds is 12. The van der Waals surface area contributed by atoms with Crippen molar-refractivity contribution >= 4 is 72.6 Å². The number of nitrogens with one attached hydrogen (secondary N) is 3. The van der Waals surface area contributed by atoms with E-state index in [9.17, 15) is 23.3 Å². The molecule has 5 aromatic rings. The van der Waals surface area contributed by atoms with Crippen LogP contribution in [0.3, 0.4) is 0 Å². The van der Waals surface area contributed by atoms with Crippen molar-refractivity contribution < 1.29 is 37.1 Å². The van der Waals surface area contributed by atoms with Gasteiger partial charge < -0.3 is 39.0 Å². The normalized spacial score (nSPS) is 22.0. The average molecular weight is 954 g/mol. The molecule has 67 heavy (non-hydrogen) atoms. The first-order valence-electron chi connectivity index (χ1n) is 22.7. The molecule has 352 valence electrons. The number of pyridine rings is 1. The Bertz CT molecular complexity index is 2840. The summed E-state index contributed by atoms with van der Waals surface area (Å²) >= 11 is 6.28. The third-order valence-corrected chi connectivity index (χ3v) is 15.0. The minimum absolute atomic E-state index is 0.0722. The second-order valence-electron chi connectivity index (χ2n) is 18.6. The molecule has 3 aromatic carbocycles. The van der Waals surface area contributed by atoms with E-state index in [1.165, 1.54) is 28.8 Å². The van der Waals surface area contributed by atoms with Crippen LogP contribution in [0.4, 0.5) is 28.4 Å². The fourth-order valence-electron chi connectivity index (χ4n) is 9.82. The highest BCUT2D eigenvalue weighted by molar-refractivity contribution is 7.90. The lowest BCUT2D eigenvalue weighted by Gasteiger charge is -2.41. The lowest BCUT2D eigenvalue weighted by molar-refractivity contribution is -0.384. The van der Waals surface area contributed by atoms with Crippen molar-refractivity contribution in [3.63, 3.8) is 0 Å². The highest BCUT2D eigenvalue weighted by atomic mass is 35.5. The molecule has 1 aliphatic carbocycles.